The summed E-state index contributed by atoms with van der Waals surface area (Å²) >= 11 is 0. The van der Waals surface area contributed by atoms with Crippen molar-refractivity contribution in [2.45, 2.75) is 6.42 Å². The zero-order chi connectivity index (χ0) is 26.8. The van der Waals surface area contributed by atoms with Crippen molar-refractivity contribution in [3.63, 3.8) is 0 Å². The highest BCUT2D eigenvalue weighted by Crippen LogP contribution is 2.38. The average molecular weight is 509 g/mol. The first kappa shape index (κ1) is 24.7. The molecular formula is C30H24N2O6. The molecule has 0 amide bonds. The molecule has 1 atom stereocenters. The monoisotopic (exact) mass is 508 g/mol. The molecule has 0 heterocycles. The van der Waals surface area contributed by atoms with Gasteiger partial charge in [-0.25, -0.2) is 4.79 Å². The van der Waals surface area contributed by atoms with E-state index >= 15 is 0 Å². The van der Waals surface area contributed by atoms with Gasteiger partial charge in [-0.2, -0.15) is 0 Å². The molecule has 0 saturated heterocycles. The van der Waals surface area contributed by atoms with E-state index in [1.54, 1.807) is 66.7 Å². The summed E-state index contributed by atoms with van der Waals surface area (Å²) in [7, 11) is 2.62. The first-order valence-corrected chi connectivity index (χ1v) is 12.0. The smallest absolute Gasteiger partial charge is 0.339 e. The Hall–Kier alpha value is -4.98. The molecule has 3 aromatic carbocycles. The van der Waals surface area contributed by atoms with Gasteiger partial charge in [-0.15, -0.1) is 0 Å². The fraction of sp³-hybridized carbons (Fsp3) is 0.133. The minimum atomic E-state index is -0.548. The van der Waals surface area contributed by atoms with Crippen molar-refractivity contribution in [1.82, 2.24) is 0 Å². The molecular weight excluding hydrogens is 484 g/mol. The van der Waals surface area contributed by atoms with Crippen molar-refractivity contribution in [3.05, 3.63) is 112 Å². The van der Waals surface area contributed by atoms with Gasteiger partial charge in [0.1, 0.15) is 5.92 Å². The fourth-order valence-electron chi connectivity index (χ4n) is 4.75. The molecule has 0 saturated carbocycles. The summed E-state index contributed by atoms with van der Waals surface area (Å²) in [6.45, 7) is 0. The van der Waals surface area contributed by atoms with Crippen LogP contribution in [0.1, 0.15) is 48.6 Å². The lowest BCUT2D eigenvalue weighted by Gasteiger charge is -2.26. The molecule has 2 N–H and O–H groups in total. The molecule has 8 heteroatoms. The lowest BCUT2D eigenvalue weighted by Crippen LogP contribution is -2.26. The van der Waals surface area contributed by atoms with Crippen molar-refractivity contribution < 1.29 is 28.7 Å². The van der Waals surface area contributed by atoms with Crippen LogP contribution in [0.5, 0.6) is 0 Å². The Morgan fingerprint density at radius 3 is 2.00 bits per heavy atom. The van der Waals surface area contributed by atoms with E-state index in [2.05, 4.69) is 10.6 Å². The largest absolute Gasteiger partial charge is 0.468 e. The van der Waals surface area contributed by atoms with Crippen LogP contribution in [-0.2, 0) is 14.3 Å². The molecule has 38 heavy (non-hydrogen) atoms. The molecule has 2 aliphatic rings. The molecule has 190 valence electrons. The number of rotatable bonds is 6. The Labute approximate surface area is 219 Å². The van der Waals surface area contributed by atoms with Crippen molar-refractivity contribution in [2.24, 2.45) is 5.92 Å². The molecule has 8 nitrogen and oxygen atoms in total. The van der Waals surface area contributed by atoms with Crippen molar-refractivity contribution in [3.8, 4) is 0 Å². The second kappa shape index (κ2) is 10.2. The van der Waals surface area contributed by atoms with Crippen LogP contribution >= 0.6 is 0 Å². The van der Waals surface area contributed by atoms with E-state index in [1.807, 2.05) is 12.2 Å². The second-order valence-corrected chi connectivity index (χ2v) is 8.76. The van der Waals surface area contributed by atoms with E-state index in [0.717, 1.165) is 0 Å². The number of para-hydroxylation sites is 1. The second-order valence-electron chi connectivity index (χ2n) is 8.76. The van der Waals surface area contributed by atoms with E-state index in [1.165, 1.54) is 14.2 Å². The van der Waals surface area contributed by atoms with Gasteiger partial charge in [-0.1, -0.05) is 48.6 Å². The summed E-state index contributed by atoms with van der Waals surface area (Å²) in [5.41, 5.74) is 3.07. The third-order valence-corrected chi connectivity index (χ3v) is 6.60. The number of esters is 2. The Balaban J connectivity index is 1.54. The Kier molecular flexibility index (Phi) is 6.62. The van der Waals surface area contributed by atoms with E-state index in [-0.39, 0.29) is 33.8 Å². The SMILES string of the molecule is COC(=O)c1ccccc1Nc1cccc2c1C(=O)c1cccc(NC3=CC=CCC3C(=O)OC)c1C2=O. The molecule has 2 aliphatic carbocycles. The average Bonchev–Trinajstić information content (AvgIpc) is 2.95. The van der Waals surface area contributed by atoms with Crippen LogP contribution in [-0.4, -0.2) is 37.7 Å². The van der Waals surface area contributed by atoms with E-state index in [0.29, 0.717) is 34.7 Å². The predicted octanol–water partition coefficient (Wildman–Crippen LogP) is 5.04. The van der Waals surface area contributed by atoms with Gasteiger partial charge in [0.25, 0.3) is 0 Å². The van der Waals surface area contributed by atoms with Crippen molar-refractivity contribution >= 4 is 40.6 Å². The van der Waals surface area contributed by atoms with Gasteiger partial charge in [0.05, 0.1) is 48.0 Å². The number of ketones is 2. The molecule has 1 unspecified atom stereocenters. The number of methoxy groups -OCH3 is 2. The predicted molar refractivity (Wildman–Crippen MR) is 142 cm³/mol. The number of fused-ring (bicyclic) bond motifs is 2. The number of nitrogens with one attached hydrogen (secondary N) is 2. The number of carbonyl (C=O) groups is 4. The summed E-state index contributed by atoms with van der Waals surface area (Å²) in [6, 6.07) is 16.7. The lowest BCUT2D eigenvalue weighted by atomic mass is 9.82. The highest BCUT2D eigenvalue weighted by atomic mass is 16.5. The maximum atomic E-state index is 13.8. The van der Waals surface area contributed by atoms with Crippen LogP contribution in [0.4, 0.5) is 17.1 Å². The number of carbonyl (C=O) groups excluding carboxylic acids is 4. The maximum absolute atomic E-state index is 13.8. The van der Waals surface area contributed by atoms with E-state index in [4.69, 9.17) is 9.47 Å². The first-order valence-electron chi connectivity index (χ1n) is 12.0. The molecule has 3 aromatic rings. The summed E-state index contributed by atoms with van der Waals surface area (Å²) in [5, 5.41) is 6.35. The van der Waals surface area contributed by atoms with Crippen LogP contribution in [0.25, 0.3) is 0 Å². The normalized spacial score (nSPS) is 15.6. The third-order valence-electron chi connectivity index (χ3n) is 6.60. The maximum Gasteiger partial charge on any atom is 0.339 e. The molecule has 5 rings (SSSR count). The fourth-order valence-corrected chi connectivity index (χ4v) is 4.75. The highest BCUT2D eigenvalue weighted by Gasteiger charge is 2.34. The number of allylic oxidation sites excluding steroid dienone is 3. The van der Waals surface area contributed by atoms with Gasteiger partial charge >= 0.3 is 11.9 Å². The quantitative estimate of drug-likeness (QED) is 0.349. The number of ether oxygens (including phenoxy) is 2. The van der Waals surface area contributed by atoms with Gasteiger partial charge in [-0.3, -0.25) is 14.4 Å². The number of benzene rings is 3. The van der Waals surface area contributed by atoms with Crippen LogP contribution in [0, 0.1) is 5.92 Å². The van der Waals surface area contributed by atoms with Crippen molar-refractivity contribution in [2.75, 3.05) is 24.9 Å². The van der Waals surface area contributed by atoms with Gasteiger partial charge in [0.15, 0.2) is 11.6 Å². The third kappa shape index (κ3) is 4.26. The Morgan fingerprint density at radius 2 is 1.37 bits per heavy atom. The van der Waals surface area contributed by atoms with Crippen molar-refractivity contribution in [1.29, 1.82) is 0 Å². The molecule has 0 fully saturated rings. The van der Waals surface area contributed by atoms with Gasteiger partial charge in [0.2, 0.25) is 0 Å². The van der Waals surface area contributed by atoms with Crippen LogP contribution in [0.2, 0.25) is 0 Å². The summed E-state index contributed by atoms with van der Waals surface area (Å²) < 4.78 is 9.81. The highest BCUT2D eigenvalue weighted by molar-refractivity contribution is 6.32. The molecule has 0 spiro atoms. The lowest BCUT2D eigenvalue weighted by molar-refractivity contribution is -0.143. The van der Waals surface area contributed by atoms with Crippen LogP contribution in [0.3, 0.4) is 0 Å². The first-order chi connectivity index (χ1) is 18.4. The summed E-state index contributed by atoms with van der Waals surface area (Å²) in [5.74, 6) is -2.14. The minimum Gasteiger partial charge on any atom is -0.468 e. The Bertz CT molecular complexity index is 1550. The zero-order valence-electron chi connectivity index (χ0n) is 20.7. The van der Waals surface area contributed by atoms with Gasteiger partial charge < -0.3 is 20.1 Å². The molecule has 0 aliphatic heterocycles. The van der Waals surface area contributed by atoms with Crippen LogP contribution < -0.4 is 10.6 Å². The van der Waals surface area contributed by atoms with E-state index in [9.17, 15) is 19.2 Å². The van der Waals surface area contributed by atoms with E-state index < -0.39 is 17.9 Å². The number of hydrogen-bond donors (Lipinski definition) is 2. The van der Waals surface area contributed by atoms with Gasteiger partial charge in [-0.05, 0) is 36.8 Å². The summed E-state index contributed by atoms with van der Waals surface area (Å²) in [6.07, 6.45) is 5.90. The minimum absolute atomic E-state index is 0.217. The standard InChI is InChI=1S/C30H24N2O6/c1-37-29(35)17-9-3-5-13-21(17)31-23-15-7-11-19-25(23)27(33)20-12-8-16-24(26(20)28(19)34)32-22-14-6-4-10-18(22)30(36)38-2/h3-9,11-16,18,31-32H,10H2,1-2H3. The molecule has 0 radical (unpaired) electrons. The van der Waals surface area contributed by atoms with Gasteiger partial charge in [0, 0.05) is 16.8 Å². The Morgan fingerprint density at radius 1 is 0.763 bits per heavy atom. The molecule has 0 aromatic heterocycles. The summed E-state index contributed by atoms with van der Waals surface area (Å²) in [4.78, 5) is 52.2. The zero-order valence-corrected chi connectivity index (χ0v) is 20.7. The number of hydrogen-bond acceptors (Lipinski definition) is 8. The number of anilines is 3. The topological polar surface area (TPSA) is 111 Å². The van der Waals surface area contributed by atoms with Crippen LogP contribution in [0.15, 0.2) is 84.6 Å². The molecule has 0 bridgehead atoms.